The molecule has 0 bridgehead atoms. The molecule has 2 heterocycles. The maximum Gasteiger partial charge on any atom is 0.256 e. The van der Waals surface area contributed by atoms with E-state index in [1.807, 2.05) is 35.1 Å². The summed E-state index contributed by atoms with van der Waals surface area (Å²) in [6.07, 6.45) is 9.00. The molecule has 2 aliphatic rings. The minimum Gasteiger partial charge on any atom is -0.321 e. The average Bonchev–Trinajstić information content (AvgIpc) is 3.13. The van der Waals surface area contributed by atoms with Gasteiger partial charge in [-0.25, -0.2) is 0 Å². The molecule has 0 unspecified atom stereocenters. The monoisotopic (exact) mass is 399 g/mol. The lowest BCUT2D eigenvalue weighted by Crippen LogP contribution is -2.28. The van der Waals surface area contributed by atoms with E-state index >= 15 is 0 Å². The maximum absolute atomic E-state index is 12.5. The van der Waals surface area contributed by atoms with Crippen LogP contribution in [0.4, 0.5) is 5.69 Å². The number of nitrogens with one attached hydrogen (secondary N) is 1. The topological polar surface area (TPSA) is 54.3 Å². The van der Waals surface area contributed by atoms with E-state index in [1.165, 1.54) is 16.1 Å². The van der Waals surface area contributed by atoms with Crippen LogP contribution in [0.3, 0.4) is 0 Å². The van der Waals surface area contributed by atoms with Crippen LogP contribution >= 0.6 is 15.9 Å². The number of halogens is 1. The fourth-order valence-corrected chi connectivity index (χ4v) is 3.99. The van der Waals surface area contributed by atoms with Crippen molar-refractivity contribution >= 4 is 45.6 Å². The van der Waals surface area contributed by atoms with Gasteiger partial charge in [0.25, 0.3) is 5.91 Å². The van der Waals surface area contributed by atoms with Crippen LogP contribution in [-0.4, -0.2) is 24.0 Å². The highest BCUT2D eigenvalue weighted by molar-refractivity contribution is 9.10. The zero-order chi connectivity index (χ0) is 17.6. The molecule has 2 amide bonds. The van der Waals surface area contributed by atoms with Crippen molar-refractivity contribution < 1.29 is 9.59 Å². The van der Waals surface area contributed by atoms with Gasteiger partial charge in [0.1, 0.15) is 0 Å². The molecular formula is C19H18BrN3O2. The van der Waals surface area contributed by atoms with Gasteiger partial charge in [-0.1, -0.05) is 15.9 Å². The van der Waals surface area contributed by atoms with E-state index < -0.39 is 0 Å². The highest BCUT2D eigenvalue weighted by Gasteiger charge is 2.27. The Hall–Kier alpha value is -2.34. The minimum absolute atomic E-state index is 0.112. The van der Waals surface area contributed by atoms with Crippen molar-refractivity contribution in [3.63, 3.8) is 0 Å². The normalized spacial score (nSPS) is 17.2. The summed E-state index contributed by atoms with van der Waals surface area (Å²) in [4.78, 5) is 23.8. The van der Waals surface area contributed by atoms with E-state index in [0.717, 1.165) is 53.5 Å². The van der Waals surface area contributed by atoms with Gasteiger partial charge in [-0.3, -0.25) is 19.3 Å². The standard InChI is InChI=1S/C19H18BrN3O2/c1-22(11-24)23-10-12-4-2-3-5-14(12)18(23)9-16-15-8-13(20)6-7-17(15)21-19(16)25/h6-11H,2-5H2,1H3,(H,21,25)/b16-9-. The van der Waals surface area contributed by atoms with E-state index in [1.54, 1.807) is 7.05 Å². The Morgan fingerprint density at radius 1 is 1.28 bits per heavy atom. The molecule has 0 saturated heterocycles. The van der Waals surface area contributed by atoms with Crippen molar-refractivity contribution in [3.05, 3.63) is 51.3 Å². The molecule has 1 aliphatic heterocycles. The van der Waals surface area contributed by atoms with Crippen molar-refractivity contribution in [2.45, 2.75) is 25.7 Å². The largest absolute Gasteiger partial charge is 0.321 e. The number of aryl methyl sites for hydroxylation is 1. The number of fused-ring (bicyclic) bond motifs is 2. The zero-order valence-electron chi connectivity index (χ0n) is 13.9. The smallest absolute Gasteiger partial charge is 0.256 e. The summed E-state index contributed by atoms with van der Waals surface area (Å²) >= 11 is 3.47. The second-order valence-electron chi connectivity index (χ2n) is 6.45. The lowest BCUT2D eigenvalue weighted by atomic mass is 9.93. The molecule has 2 aromatic rings. The van der Waals surface area contributed by atoms with Gasteiger partial charge in [0.15, 0.2) is 0 Å². The first-order valence-electron chi connectivity index (χ1n) is 8.33. The quantitative estimate of drug-likeness (QED) is 0.635. The third kappa shape index (κ3) is 2.70. The maximum atomic E-state index is 12.5. The molecule has 128 valence electrons. The Balaban J connectivity index is 1.90. The van der Waals surface area contributed by atoms with Crippen molar-refractivity contribution in [2.24, 2.45) is 0 Å². The predicted molar refractivity (Wildman–Crippen MR) is 102 cm³/mol. The van der Waals surface area contributed by atoms with Gasteiger partial charge in [-0.05, 0) is 61.1 Å². The van der Waals surface area contributed by atoms with Crippen molar-refractivity contribution in [1.29, 1.82) is 0 Å². The molecule has 1 aromatic carbocycles. The number of benzene rings is 1. The average molecular weight is 400 g/mol. The second kappa shape index (κ2) is 6.19. The van der Waals surface area contributed by atoms with Gasteiger partial charge in [-0.2, -0.15) is 0 Å². The Kier molecular flexibility index (Phi) is 4.00. The molecule has 0 fully saturated rings. The van der Waals surface area contributed by atoms with Gasteiger partial charge in [-0.15, -0.1) is 0 Å². The van der Waals surface area contributed by atoms with Crippen LogP contribution in [0, 0.1) is 0 Å². The van der Waals surface area contributed by atoms with E-state index in [4.69, 9.17) is 0 Å². The van der Waals surface area contributed by atoms with E-state index in [-0.39, 0.29) is 5.91 Å². The van der Waals surface area contributed by atoms with E-state index in [2.05, 4.69) is 21.2 Å². The first-order chi connectivity index (χ1) is 12.1. The molecular weight excluding hydrogens is 382 g/mol. The molecule has 5 nitrogen and oxygen atoms in total. The summed E-state index contributed by atoms with van der Waals surface area (Å²) in [5.74, 6) is -0.112. The number of hydrogen-bond donors (Lipinski definition) is 1. The number of carbonyl (C=O) groups excluding carboxylic acids is 2. The summed E-state index contributed by atoms with van der Waals surface area (Å²) in [5, 5.41) is 4.42. The lowest BCUT2D eigenvalue weighted by molar-refractivity contribution is -0.111. The fraction of sp³-hybridized carbons (Fsp3) is 0.263. The highest BCUT2D eigenvalue weighted by Crippen LogP contribution is 2.36. The lowest BCUT2D eigenvalue weighted by Gasteiger charge is -2.16. The molecule has 1 N–H and O–H groups in total. The number of carbonyl (C=O) groups is 2. The van der Waals surface area contributed by atoms with E-state index in [0.29, 0.717) is 5.57 Å². The Bertz CT molecular complexity index is 914. The Morgan fingerprint density at radius 2 is 2.08 bits per heavy atom. The van der Waals surface area contributed by atoms with Crippen molar-refractivity contribution in [1.82, 2.24) is 4.68 Å². The highest BCUT2D eigenvalue weighted by atomic mass is 79.9. The van der Waals surface area contributed by atoms with Crippen molar-refractivity contribution in [2.75, 3.05) is 17.4 Å². The third-order valence-electron chi connectivity index (χ3n) is 4.88. The molecule has 4 rings (SSSR count). The second-order valence-corrected chi connectivity index (χ2v) is 7.37. The molecule has 1 aromatic heterocycles. The van der Waals surface area contributed by atoms with Gasteiger partial charge in [0.2, 0.25) is 6.41 Å². The first-order valence-corrected chi connectivity index (χ1v) is 9.12. The molecule has 0 radical (unpaired) electrons. The van der Waals surface area contributed by atoms with Crippen LogP contribution in [0.15, 0.2) is 28.9 Å². The number of aromatic nitrogens is 1. The Morgan fingerprint density at radius 3 is 2.88 bits per heavy atom. The number of anilines is 1. The summed E-state index contributed by atoms with van der Waals surface area (Å²) in [5.41, 5.74) is 5.74. The minimum atomic E-state index is -0.112. The zero-order valence-corrected chi connectivity index (χ0v) is 15.5. The SMILES string of the molecule is CN(C=O)n1cc2c(c1/C=C1\C(=O)Nc3ccc(Br)cc31)CCCC2. The Labute approximate surface area is 154 Å². The van der Waals surface area contributed by atoms with Gasteiger partial charge >= 0.3 is 0 Å². The summed E-state index contributed by atoms with van der Waals surface area (Å²) in [6.45, 7) is 0. The van der Waals surface area contributed by atoms with Gasteiger partial charge in [0.05, 0.1) is 11.3 Å². The molecule has 6 heteroatoms. The van der Waals surface area contributed by atoms with Crippen LogP contribution in [0.25, 0.3) is 11.6 Å². The molecule has 0 atom stereocenters. The van der Waals surface area contributed by atoms with Crippen LogP contribution in [0.2, 0.25) is 0 Å². The van der Waals surface area contributed by atoms with Gasteiger partial charge in [0, 0.05) is 29.0 Å². The third-order valence-corrected chi connectivity index (χ3v) is 5.38. The van der Waals surface area contributed by atoms with Crippen LogP contribution in [0.5, 0.6) is 0 Å². The number of nitrogens with zero attached hydrogens (tertiary/aromatic N) is 2. The molecule has 1 aliphatic carbocycles. The van der Waals surface area contributed by atoms with Crippen LogP contribution < -0.4 is 10.3 Å². The number of hydrogen-bond acceptors (Lipinski definition) is 2. The van der Waals surface area contributed by atoms with E-state index in [9.17, 15) is 9.59 Å². The summed E-state index contributed by atoms with van der Waals surface area (Å²) < 4.78 is 2.77. The van der Waals surface area contributed by atoms with Crippen molar-refractivity contribution in [3.8, 4) is 0 Å². The van der Waals surface area contributed by atoms with Gasteiger partial charge < -0.3 is 5.32 Å². The molecule has 25 heavy (non-hydrogen) atoms. The molecule has 0 saturated carbocycles. The number of amides is 2. The summed E-state index contributed by atoms with van der Waals surface area (Å²) in [6, 6.07) is 5.75. The molecule has 0 spiro atoms. The van der Waals surface area contributed by atoms with Crippen LogP contribution in [-0.2, 0) is 22.4 Å². The first kappa shape index (κ1) is 16.1. The van der Waals surface area contributed by atoms with Crippen LogP contribution in [0.1, 0.15) is 35.2 Å². The summed E-state index contributed by atoms with van der Waals surface area (Å²) in [7, 11) is 1.72. The fourth-order valence-electron chi connectivity index (χ4n) is 3.62. The number of rotatable bonds is 3. The predicted octanol–water partition coefficient (Wildman–Crippen LogP) is 3.35.